The fraction of sp³-hybridized carbons (Fsp3) is 0.800. The summed E-state index contributed by atoms with van der Waals surface area (Å²) in [4.78, 5) is 25.7. The second-order valence-corrected chi connectivity index (χ2v) is 10.9. The SMILES string of the molecule is CC(C)(C)c1nc(C2COC2)cc(N2CCCN(CCC3CCC(NC=O)CC3)CC2)n1. The van der Waals surface area contributed by atoms with Crippen molar-refractivity contribution in [2.75, 3.05) is 50.8 Å². The summed E-state index contributed by atoms with van der Waals surface area (Å²) < 4.78 is 5.43. The fourth-order valence-corrected chi connectivity index (χ4v) is 5.07. The molecule has 3 fully saturated rings. The predicted octanol–water partition coefficient (Wildman–Crippen LogP) is 3.09. The molecule has 32 heavy (non-hydrogen) atoms. The van der Waals surface area contributed by atoms with E-state index in [-0.39, 0.29) is 5.41 Å². The highest BCUT2D eigenvalue weighted by Gasteiger charge is 2.28. The standard InChI is InChI=1S/C25H41N5O2/c1-25(2,3)24-27-22(20-16-32-17-20)15-23(28-24)30-11-4-10-29(13-14-30)12-9-19-5-7-21(8-6-19)26-18-31/h15,18-21H,4-14,16-17H2,1-3H3,(H,26,31). The number of aromatic nitrogens is 2. The van der Waals surface area contributed by atoms with Gasteiger partial charge in [-0.2, -0.15) is 0 Å². The van der Waals surface area contributed by atoms with Crippen molar-refractivity contribution in [3.63, 3.8) is 0 Å². The average molecular weight is 444 g/mol. The molecule has 1 amide bonds. The summed E-state index contributed by atoms with van der Waals surface area (Å²) in [5.74, 6) is 3.26. The lowest BCUT2D eigenvalue weighted by atomic mass is 9.84. The van der Waals surface area contributed by atoms with Crippen molar-refractivity contribution < 1.29 is 9.53 Å². The van der Waals surface area contributed by atoms with Crippen LogP contribution in [-0.4, -0.2) is 73.3 Å². The van der Waals surface area contributed by atoms with E-state index in [0.29, 0.717) is 12.0 Å². The van der Waals surface area contributed by atoms with Crippen molar-refractivity contribution in [3.05, 3.63) is 17.6 Å². The van der Waals surface area contributed by atoms with Gasteiger partial charge in [-0.1, -0.05) is 20.8 Å². The first-order valence-electron chi connectivity index (χ1n) is 12.6. The quantitative estimate of drug-likeness (QED) is 0.653. The Hall–Kier alpha value is -1.73. The smallest absolute Gasteiger partial charge is 0.207 e. The Balaban J connectivity index is 1.32. The van der Waals surface area contributed by atoms with E-state index < -0.39 is 0 Å². The predicted molar refractivity (Wildman–Crippen MR) is 127 cm³/mol. The maximum Gasteiger partial charge on any atom is 0.207 e. The fourth-order valence-electron chi connectivity index (χ4n) is 5.07. The van der Waals surface area contributed by atoms with Crippen molar-refractivity contribution in [1.29, 1.82) is 0 Å². The van der Waals surface area contributed by atoms with Crippen molar-refractivity contribution >= 4 is 12.2 Å². The molecule has 1 N–H and O–H groups in total. The molecule has 4 rings (SSSR count). The van der Waals surface area contributed by atoms with Crippen LogP contribution in [0.1, 0.15) is 76.7 Å². The Morgan fingerprint density at radius 2 is 1.88 bits per heavy atom. The number of hydrogen-bond acceptors (Lipinski definition) is 6. The Kier molecular flexibility index (Phi) is 7.66. The largest absolute Gasteiger partial charge is 0.380 e. The third-order valence-corrected chi connectivity index (χ3v) is 7.38. The number of hydrogen-bond donors (Lipinski definition) is 1. The number of rotatable bonds is 7. The van der Waals surface area contributed by atoms with Crippen LogP contribution in [0.25, 0.3) is 0 Å². The second-order valence-electron chi connectivity index (χ2n) is 10.9. The van der Waals surface area contributed by atoms with Gasteiger partial charge in [0, 0.05) is 43.1 Å². The van der Waals surface area contributed by atoms with Gasteiger partial charge in [-0.15, -0.1) is 0 Å². The molecule has 7 heteroatoms. The van der Waals surface area contributed by atoms with E-state index in [1.807, 2.05) is 0 Å². The zero-order valence-corrected chi connectivity index (χ0v) is 20.2. The summed E-state index contributed by atoms with van der Waals surface area (Å²) in [7, 11) is 0. The maximum atomic E-state index is 10.7. The van der Waals surface area contributed by atoms with Gasteiger partial charge >= 0.3 is 0 Å². The molecule has 2 aliphatic heterocycles. The number of amides is 1. The van der Waals surface area contributed by atoms with E-state index in [1.54, 1.807) is 0 Å². The molecule has 0 unspecified atom stereocenters. The van der Waals surface area contributed by atoms with Crippen LogP contribution in [0, 0.1) is 5.92 Å². The molecule has 3 heterocycles. The first-order valence-corrected chi connectivity index (χ1v) is 12.6. The third-order valence-electron chi connectivity index (χ3n) is 7.38. The Morgan fingerprint density at radius 3 is 2.53 bits per heavy atom. The van der Waals surface area contributed by atoms with Gasteiger partial charge in [-0.3, -0.25) is 4.79 Å². The van der Waals surface area contributed by atoms with E-state index in [0.717, 1.165) is 75.4 Å². The minimum absolute atomic E-state index is 0.0620. The van der Waals surface area contributed by atoms with Crippen LogP contribution in [0.5, 0.6) is 0 Å². The topological polar surface area (TPSA) is 70.6 Å². The van der Waals surface area contributed by atoms with Crippen LogP contribution in [0.15, 0.2) is 6.07 Å². The summed E-state index contributed by atoms with van der Waals surface area (Å²) in [6.45, 7) is 13.7. The lowest BCUT2D eigenvalue weighted by Crippen LogP contribution is -2.35. The maximum absolute atomic E-state index is 10.7. The lowest BCUT2D eigenvalue weighted by Gasteiger charge is -2.30. The molecular weight excluding hydrogens is 402 g/mol. The molecule has 1 saturated carbocycles. The molecule has 2 saturated heterocycles. The molecule has 1 aromatic heterocycles. The van der Waals surface area contributed by atoms with Gasteiger partial charge in [0.15, 0.2) is 0 Å². The third kappa shape index (κ3) is 5.98. The first kappa shape index (κ1) is 23.4. The van der Waals surface area contributed by atoms with Crippen LogP contribution in [0.2, 0.25) is 0 Å². The first-order chi connectivity index (χ1) is 15.4. The molecule has 0 spiro atoms. The van der Waals surface area contributed by atoms with Crippen molar-refractivity contribution in [2.45, 2.75) is 76.7 Å². The van der Waals surface area contributed by atoms with Crippen molar-refractivity contribution in [2.24, 2.45) is 5.92 Å². The number of ether oxygens (including phenoxy) is 1. The highest BCUT2D eigenvalue weighted by Crippen LogP contribution is 2.30. The van der Waals surface area contributed by atoms with Crippen LogP contribution in [0.4, 0.5) is 5.82 Å². The van der Waals surface area contributed by atoms with E-state index >= 15 is 0 Å². The Bertz CT molecular complexity index is 753. The molecule has 1 aromatic rings. The van der Waals surface area contributed by atoms with E-state index in [2.05, 4.69) is 42.0 Å². The van der Waals surface area contributed by atoms with E-state index in [1.165, 1.54) is 38.8 Å². The monoisotopic (exact) mass is 443 g/mol. The zero-order valence-electron chi connectivity index (χ0n) is 20.2. The Morgan fingerprint density at radius 1 is 1.09 bits per heavy atom. The lowest BCUT2D eigenvalue weighted by molar-refractivity contribution is -0.110. The highest BCUT2D eigenvalue weighted by molar-refractivity contribution is 5.46. The molecular formula is C25H41N5O2. The number of anilines is 1. The molecule has 0 bridgehead atoms. The summed E-state index contributed by atoms with van der Waals surface area (Å²) in [5.41, 5.74) is 1.08. The van der Waals surface area contributed by atoms with Crippen LogP contribution in [0.3, 0.4) is 0 Å². The minimum Gasteiger partial charge on any atom is -0.380 e. The van der Waals surface area contributed by atoms with Gasteiger partial charge in [0.05, 0.1) is 18.9 Å². The number of nitrogens with zero attached hydrogens (tertiary/aromatic N) is 4. The van der Waals surface area contributed by atoms with E-state index in [4.69, 9.17) is 14.7 Å². The van der Waals surface area contributed by atoms with Crippen molar-refractivity contribution in [1.82, 2.24) is 20.2 Å². The molecule has 7 nitrogen and oxygen atoms in total. The minimum atomic E-state index is -0.0620. The summed E-state index contributed by atoms with van der Waals surface area (Å²) >= 11 is 0. The number of carbonyl (C=O) groups is 1. The van der Waals surface area contributed by atoms with Gasteiger partial charge in [0.1, 0.15) is 11.6 Å². The van der Waals surface area contributed by atoms with Gasteiger partial charge in [0.25, 0.3) is 0 Å². The average Bonchev–Trinajstić information content (AvgIpc) is 2.97. The van der Waals surface area contributed by atoms with Gasteiger partial charge in [0.2, 0.25) is 6.41 Å². The normalized spacial score (nSPS) is 25.8. The molecule has 178 valence electrons. The zero-order chi connectivity index (χ0) is 22.6. The van der Waals surface area contributed by atoms with Crippen LogP contribution < -0.4 is 10.2 Å². The van der Waals surface area contributed by atoms with Crippen LogP contribution >= 0.6 is 0 Å². The number of carbonyl (C=O) groups excluding carboxylic acids is 1. The molecule has 0 aromatic carbocycles. The van der Waals surface area contributed by atoms with Gasteiger partial charge in [-0.25, -0.2) is 9.97 Å². The summed E-state index contributed by atoms with van der Waals surface area (Å²) in [6.07, 6.45) is 8.07. The van der Waals surface area contributed by atoms with Gasteiger partial charge < -0.3 is 19.9 Å². The second kappa shape index (κ2) is 10.5. The highest BCUT2D eigenvalue weighted by atomic mass is 16.5. The van der Waals surface area contributed by atoms with Gasteiger partial charge in [-0.05, 0) is 57.5 Å². The van der Waals surface area contributed by atoms with Crippen molar-refractivity contribution in [3.8, 4) is 0 Å². The molecule has 1 aliphatic carbocycles. The summed E-state index contributed by atoms with van der Waals surface area (Å²) in [6, 6.07) is 2.61. The molecule has 3 aliphatic rings. The Labute approximate surface area is 193 Å². The van der Waals surface area contributed by atoms with E-state index in [9.17, 15) is 4.79 Å². The van der Waals surface area contributed by atoms with Crippen LogP contribution in [-0.2, 0) is 14.9 Å². The molecule has 0 radical (unpaired) electrons. The summed E-state index contributed by atoms with van der Waals surface area (Å²) in [5, 5.41) is 2.96. The molecule has 0 atom stereocenters. The number of nitrogens with one attached hydrogen (secondary N) is 1.